The van der Waals surface area contributed by atoms with Crippen molar-refractivity contribution in [2.24, 2.45) is 5.92 Å². The van der Waals surface area contributed by atoms with Crippen molar-refractivity contribution < 1.29 is 25.2 Å². The molecule has 1 heterocycles. The Morgan fingerprint density at radius 2 is 1.44 bits per heavy atom. The Bertz CT molecular complexity index is 1170. The summed E-state index contributed by atoms with van der Waals surface area (Å²) in [6.07, 6.45) is 4.53. The van der Waals surface area contributed by atoms with E-state index in [9.17, 15) is 25.2 Å². The van der Waals surface area contributed by atoms with Crippen LogP contribution in [0.1, 0.15) is 80.2 Å². The molecule has 1 aliphatic rings. The predicted octanol–water partition coefficient (Wildman–Crippen LogP) is 5.65. The van der Waals surface area contributed by atoms with Crippen molar-refractivity contribution in [2.75, 3.05) is 26.2 Å². The zero-order valence-electron chi connectivity index (χ0n) is 24.2. The lowest BCUT2D eigenvalue weighted by Crippen LogP contribution is -2.44. The van der Waals surface area contributed by atoms with E-state index in [1.54, 1.807) is 24.3 Å². The molecule has 1 aliphatic heterocycles. The molecule has 4 rings (SSSR count). The van der Waals surface area contributed by atoms with Crippen molar-refractivity contribution in [3.63, 3.8) is 0 Å². The van der Waals surface area contributed by atoms with Gasteiger partial charge in [-0.25, -0.2) is 0 Å². The van der Waals surface area contributed by atoms with Crippen LogP contribution in [0.15, 0.2) is 84.9 Å². The molecule has 220 valence electrons. The van der Waals surface area contributed by atoms with Crippen LogP contribution in [0.5, 0.6) is 0 Å². The zero-order valence-corrected chi connectivity index (χ0v) is 24.2. The summed E-state index contributed by atoms with van der Waals surface area (Å²) < 4.78 is 0. The summed E-state index contributed by atoms with van der Waals surface area (Å²) in [4.78, 5) is 14.5. The van der Waals surface area contributed by atoms with Crippen molar-refractivity contribution in [3.05, 3.63) is 107 Å². The Kier molecular flexibility index (Phi) is 10.7. The van der Waals surface area contributed by atoms with Crippen LogP contribution in [0.3, 0.4) is 0 Å². The Morgan fingerprint density at radius 3 is 1.93 bits per heavy atom. The summed E-state index contributed by atoms with van der Waals surface area (Å²) in [5.74, 6) is -0.904. The highest BCUT2D eigenvalue weighted by Gasteiger charge is 2.41. The first kappa shape index (κ1) is 30.9. The first-order chi connectivity index (χ1) is 19.8. The minimum Gasteiger partial charge on any atom is -0.481 e. The maximum atomic E-state index is 12.1. The lowest BCUT2D eigenvalue weighted by Gasteiger charge is -2.42. The molecule has 2 atom stereocenters. The lowest BCUT2D eigenvalue weighted by atomic mass is 9.72. The number of aliphatic carboxylic acids is 1. The highest BCUT2D eigenvalue weighted by Crippen LogP contribution is 2.42. The maximum Gasteiger partial charge on any atom is 0.316 e. The number of aliphatic hydroxyl groups excluding tert-OH is 2. The van der Waals surface area contributed by atoms with E-state index in [-0.39, 0.29) is 5.92 Å². The van der Waals surface area contributed by atoms with E-state index in [1.807, 2.05) is 67.6 Å². The second-order valence-corrected chi connectivity index (χ2v) is 11.5. The number of benzene rings is 3. The molecular weight excluding hydrogens is 514 g/mol. The number of hydrogen-bond donors (Lipinski definition) is 4. The number of piperidine rings is 1. The monoisotopic (exact) mass is 559 g/mol. The van der Waals surface area contributed by atoms with Gasteiger partial charge in [-0.05, 0) is 79.9 Å². The summed E-state index contributed by atoms with van der Waals surface area (Å²) in [7, 11) is 0. The summed E-state index contributed by atoms with van der Waals surface area (Å²) >= 11 is 0. The summed E-state index contributed by atoms with van der Waals surface area (Å²) in [5.41, 5.74) is 0.870. The largest absolute Gasteiger partial charge is 0.481 e. The molecule has 6 nitrogen and oxygen atoms in total. The molecule has 4 N–H and O–H groups in total. The van der Waals surface area contributed by atoms with Gasteiger partial charge in [0.15, 0.2) is 0 Å². The average molecular weight is 560 g/mol. The van der Waals surface area contributed by atoms with Crippen LogP contribution in [-0.2, 0) is 15.8 Å². The van der Waals surface area contributed by atoms with Crippen LogP contribution < -0.4 is 0 Å². The van der Waals surface area contributed by atoms with Gasteiger partial charge in [0.1, 0.15) is 11.0 Å². The van der Waals surface area contributed by atoms with E-state index < -0.39 is 29.7 Å². The molecule has 2 unspecified atom stereocenters. The Morgan fingerprint density at radius 1 is 0.878 bits per heavy atom. The SMILES string of the molecule is CCCCC(CO)(C(=O)O)c1ccc(C(O)CCCN2CCC(C(O)(c3ccccc3)c3ccccc3)CC2)cc1. The number of unbranched alkanes of at least 4 members (excludes halogenated alkanes) is 1. The van der Waals surface area contributed by atoms with E-state index in [0.29, 0.717) is 24.8 Å². The van der Waals surface area contributed by atoms with Crippen LogP contribution in [0.25, 0.3) is 0 Å². The van der Waals surface area contributed by atoms with Gasteiger partial charge >= 0.3 is 5.97 Å². The van der Waals surface area contributed by atoms with Crippen LogP contribution in [0.2, 0.25) is 0 Å². The van der Waals surface area contributed by atoms with Crippen molar-refractivity contribution in [3.8, 4) is 0 Å². The predicted molar refractivity (Wildman–Crippen MR) is 162 cm³/mol. The molecule has 0 spiro atoms. The van der Waals surface area contributed by atoms with Crippen molar-refractivity contribution in [1.29, 1.82) is 0 Å². The summed E-state index contributed by atoms with van der Waals surface area (Å²) in [5, 5.41) is 42.8. The molecule has 6 heteroatoms. The van der Waals surface area contributed by atoms with Gasteiger partial charge in [0.25, 0.3) is 0 Å². The van der Waals surface area contributed by atoms with Crippen LogP contribution in [0.4, 0.5) is 0 Å². The molecule has 0 aromatic heterocycles. The first-order valence-corrected chi connectivity index (χ1v) is 15.0. The third-order valence-corrected chi connectivity index (χ3v) is 9.04. The zero-order chi connectivity index (χ0) is 29.3. The number of likely N-dealkylation sites (tertiary alicyclic amines) is 1. The first-order valence-electron chi connectivity index (χ1n) is 15.0. The van der Waals surface area contributed by atoms with E-state index in [1.165, 1.54) is 0 Å². The fourth-order valence-electron chi connectivity index (χ4n) is 6.39. The molecule has 1 saturated heterocycles. The second kappa shape index (κ2) is 14.2. The van der Waals surface area contributed by atoms with Gasteiger partial charge < -0.3 is 25.3 Å². The number of carboxylic acid groups (broad SMARTS) is 1. The van der Waals surface area contributed by atoms with Crippen LogP contribution >= 0.6 is 0 Å². The summed E-state index contributed by atoms with van der Waals surface area (Å²) in [6.45, 7) is 4.22. The minimum atomic E-state index is -1.31. The Labute approximate surface area is 244 Å². The minimum absolute atomic E-state index is 0.113. The van der Waals surface area contributed by atoms with E-state index in [0.717, 1.165) is 62.0 Å². The third-order valence-electron chi connectivity index (χ3n) is 9.04. The maximum absolute atomic E-state index is 12.1. The number of nitrogens with zero attached hydrogens (tertiary/aromatic N) is 1. The van der Waals surface area contributed by atoms with Gasteiger partial charge in [-0.15, -0.1) is 0 Å². The molecule has 0 radical (unpaired) electrons. The standard InChI is InChI=1S/C35H45NO5/c1-2-3-22-34(26-37,33(39)40)28-18-16-27(17-19-28)32(38)15-10-23-36-24-20-31(21-25-36)35(41,29-11-6-4-7-12-29)30-13-8-5-9-14-30/h4-9,11-14,16-19,31-32,37-38,41H,2-3,10,15,20-26H2,1H3,(H,39,40). The van der Waals surface area contributed by atoms with E-state index in [4.69, 9.17) is 0 Å². The topological polar surface area (TPSA) is 101 Å². The third kappa shape index (κ3) is 6.90. The van der Waals surface area contributed by atoms with Crippen molar-refractivity contribution in [2.45, 2.75) is 69.0 Å². The average Bonchev–Trinajstić information content (AvgIpc) is 3.02. The number of rotatable bonds is 14. The molecule has 0 bridgehead atoms. The van der Waals surface area contributed by atoms with Crippen molar-refractivity contribution in [1.82, 2.24) is 4.90 Å². The smallest absolute Gasteiger partial charge is 0.316 e. The molecule has 0 aliphatic carbocycles. The van der Waals surface area contributed by atoms with Gasteiger partial charge in [-0.2, -0.15) is 0 Å². The van der Waals surface area contributed by atoms with E-state index in [2.05, 4.69) is 4.90 Å². The fourth-order valence-corrected chi connectivity index (χ4v) is 6.39. The highest BCUT2D eigenvalue weighted by molar-refractivity contribution is 5.81. The Balaban J connectivity index is 1.31. The molecule has 1 fully saturated rings. The molecule has 0 saturated carbocycles. The number of aliphatic hydroxyl groups is 3. The van der Waals surface area contributed by atoms with Gasteiger partial charge in [0, 0.05) is 0 Å². The normalized spacial score (nSPS) is 17.2. The van der Waals surface area contributed by atoms with Gasteiger partial charge in [-0.3, -0.25) is 4.79 Å². The van der Waals surface area contributed by atoms with Crippen LogP contribution in [0, 0.1) is 5.92 Å². The molecule has 3 aromatic carbocycles. The fraction of sp³-hybridized carbons (Fsp3) is 0.457. The van der Waals surface area contributed by atoms with Gasteiger partial charge in [-0.1, -0.05) is 105 Å². The number of carbonyl (C=O) groups is 1. The van der Waals surface area contributed by atoms with Gasteiger partial charge in [0.2, 0.25) is 0 Å². The molecule has 41 heavy (non-hydrogen) atoms. The molecule has 0 amide bonds. The highest BCUT2D eigenvalue weighted by atomic mass is 16.4. The summed E-state index contributed by atoms with van der Waals surface area (Å²) in [6, 6.07) is 27.0. The van der Waals surface area contributed by atoms with Gasteiger partial charge in [0.05, 0.1) is 12.7 Å². The van der Waals surface area contributed by atoms with Crippen molar-refractivity contribution >= 4 is 5.97 Å². The number of hydrogen-bond acceptors (Lipinski definition) is 5. The second-order valence-electron chi connectivity index (χ2n) is 11.5. The number of carboxylic acids is 1. The quantitative estimate of drug-likeness (QED) is 0.204. The molecule has 3 aromatic rings. The molecular formula is C35H45NO5. The lowest BCUT2D eigenvalue weighted by molar-refractivity contribution is -0.146. The Hall–Kier alpha value is -3.03. The van der Waals surface area contributed by atoms with Crippen LogP contribution in [-0.4, -0.2) is 57.5 Å². The van der Waals surface area contributed by atoms with E-state index >= 15 is 0 Å².